The van der Waals surface area contributed by atoms with E-state index >= 15 is 0 Å². The van der Waals surface area contributed by atoms with Crippen molar-refractivity contribution in [3.63, 3.8) is 0 Å². The molecule has 10 aromatic carbocycles. The van der Waals surface area contributed by atoms with Gasteiger partial charge in [-0.05, 0) is 127 Å². The third-order valence-electron chi connectivity index (χ3n) is 15.2. The van der Waals surface area contributed by atoms with E-state index in [9.17, 15) is 10.5 Å². The van der Waals surface area contributed by atoms with E-state index in [1.807, 2.05) is 24.3 Å². The van der Waals surface area contributed by atoms with E-state index in [0.717, 1.165) is 34.1 Å². The molecule has 0 fully saturated rings. The van der Waals surface area contributed by atoms with Crippen LogP contribution in [0.3, 0.4) is 0 Å². The lowest BCUT2D eigenvalue weighted by Crippen LogP contribution is -2.36. The maximum absolute atomic E-state index is 10.9. The molecule has 2 aliphatic heterocycles. The van der Waals surface area contributed by atoms with Crippen LogP contribution in [0.4, 0.5) is 34.1 Å². The molecule has 10 aromatic rings. The van der Waals surface area contributed by atoms with Crippen molar-refractivity contribution in [3.05, 3.63) is 286 Å². The predicted octanol–water partition coefficient (Wildman–Crippen LogP) is 15.4. The molecule has 0 amide bonds. The van der Waals surface area contributed by atoms with E-state index in [4.69, 9.17) is 0 Å². The summed E-state index contributed by atoms with van der Waals surface area (Å²) in [6, 6.07) is 87.5. The predicted molar refractivity (Wildman–Crippen MR) is 272 cm³/mol. The van der Waals surface area contributed by atoms with Crippen LogP contribution in [0.5, 0.6) is 0 Å². The number of nitrogens with zero attached hydrogens (tertiary/aromatic N) is 4. The van der Waals surface area contributed by atoms with Gasteiger partial charge in [-0.1, -0.05) is 170 Å². The number of fused-ring (bicyclic) bond motifs is 18. The zero-order chi connectivity index (χ0) is 45.1. The van der Waals surface area contributed by atoms with Gasteiger partial charge in [0.15, 0.2) is 0 Å². The van der Waals surface area contributed by atoms with Gasteiger partial charge in [0.1, 0.15) is 0 Å². The molecule has 0 saturated carbocycles. The molecule has 14 rings (SSSR count). The highest BCUT2D eigenvalue weighted by molar-refractivity contribution is 5.99. The van der Waals surface area contributed by atoms with E-state index in [1.165, 1.54) is 66.8 Å². The van der Waals surface area contributed by atoms with Crippen LogP contribution in [-0.2, 0) is 10.8 Å². The summed E-state index contributed by atoms with van der Waals surface area (Å²) in [5.74, 6) is 0. The summed E-state index contributed by atoms with van der Waals surface area (Å²) in [6.45, 7) is 0. The Balaban J connectivity index is 0.966. The summed E-state index contributed by atoms with van der Waals surface area (Å²) in [6.07, 6.45) is 0. The molecule has 4 nitrogen and oxygen atoms in total. The normalized spacial score (nSPS) is 14.3. The van der Waals surface area contributed by atoms with Crippen molar-refractivity contribution in [3.8, 4) is 45.5 Å². The van der Waals surface area contributed by atoms with Crippen LogP contribution in [0.15, 0.2) is 231 Å². The van der Waals surface area contributed by atoms with Gasteiger partial charge in [0.2, 0.25) is 0 Å². The first-order valence-electron chi connectivity index (χ1n) is 23.1. The Kier molecular flexibility index (Phi) is 7.92. The standard InChI is InChI=1S/C64H38N4/c65-39-41-33-35-43(67-59-29-13-9-25-55(59)63(56-26-10-14-30-60(56)67)51-21-5-1-17-45(51)46-18-2-6-22-52(46)63)37-49(41)50-38-44(36-34-42(50)40-66)68-61-31-15-11-27-57(61)64(58-28-12-16-32-62(58)68)53-23-7-3-19-47(53)48-20-4-8-24-54(48)64/h1-38H. The molecule has 314 valence electrons. The van der Waals surface area contributed by atoms with Crippen molar-refractivity contribution in [1.29, 1.82) is 10.5 Å². The van der Waals surface area contributed by atoms with Gasteiger partial charge in [0, 0.05) is 22.5 Å². The van der Waals surface area contributed by atoms with Crippen LogP contribution >= 0.6 is 0 Å². The average Bonchev–Trinajstić information content (AvgIpc) is 3.87. The lowest BCUT2D eigenvalue weighted by Gasteiger charge is -2.45. The Morgan fingerprint density at radius 3 is 0.794 bits per heavy atom. The number of rotatable bonds is 3. The lowest BCUT2D eigenvalue weighted by molar-refractivity contribution is 0.752. The third kappa shape index (κ3) is 4.75. The minimum absolute atomic E-state index is 0.494. The maximum Gasteiger partial charge on any atom is 0.0998 e. The number of para-hydroxylation sites is 4. The fourth-order valence-electron chi connectivity index (χ4n) is 12.7. The smallest absolute Gasteiger partial charge is 0.0998 e. The van der Waals surface area contributed by atoms with Crippen LogP contribution in [-0.4, -0.2) is 0 Å². The second-order valence-electron chi connectivity index (χ2n) is 18.1. The van der Waals surface area contributed by atoms with Gasteiger partial charge in [0.25, 0.3) is 0 Å². The van der Waals surface area contributed by atoms with Gasteiger partial charge in [-0.15, -0.1) is 0 Å². The fraction of sp³-hybridized carbons (Fsp3) is 0.0312. The van der Waals surface area contributed by atoms with Gasteiger partial charge in [0.05, 0.1) is 56.8 Å². The van der Waals surface area contributed by atoms with Crippen LogP contribution in [0.1, 0.15) is 55.6 Å². The Hall–Kier alpha value is -9.22. The maximum atomic E-state index is 10.9. The molecule has 0 saturated heterocycles. The quantitative estimate of drug-likeness (QED) is 0.178. The first-order valence-corrected chi connectivity index (χ1v) is 23.1. The monoisotopic (exact) mass is 862 g/mol. The molecule has 2 aliphatic carbocycles. The van der Waals surface area contributed by atoms with Gasteiger partial charge < -0.3 is 9.80 Å². The zero-order valence-electron chi connectivity index (χ0n) is 36.7. The van der Waals surface area contributed by atoms with E-state index < -0.39 is 10.8 Å². The second-order valence-corrected chi connectivity index (χ2v) is 18.1. The number of benzene rings is 10. The topological polar surface area (TPSA) is 54.1 Å². The van der Waals surface area contributed by atoms with Gasteiger partial charge in [-0.25, -0.2) is 0 Å². The molecule has 2 heterocycles. The minimum Gasteiger partial charge on any atom is -0.310 e. The third-order valence-corrected chi connectivity index (χ3v) is 15.2. The molecule has 0 radical (unpaired) electrons. The van der Waals surface area contributed by atoms with E-state index in [0.29, 0.717) is 22.3 Å². The van der Waals surface area contributed by atoms with E-state index in [2.05, 4.69) is 228 Å². The molecule has 2 spiro atoms. The molecule has 68 heavy (non-hydrogen) atoms. The SMILES string of the molecule is N#Cc1ccc(N2c3ccccc3C3(c4ccccc4-c4ccccc43)c3ccccc32)cc1-c1cc(N2c3ccccc3C3(c4ccccc4-c4ccccc43)c3ccccc32)ccc1C#N. The van der Waals surface area contributed by atoms with Gasteiger partial charge in [-0.2, -0.15) is 10.5 Å². The Bertz CT molecular complexity index is 3440. The van der Waals surface area contributed by atoms with Crippen molar-refractivity contribution < 1.29 is 0 Å². The molecular formula is C64H38N4. The molecule has 4 aliphatic rings. The van der Waals surface area contributed by atoms with E-state index in [-0.39, 0.29) is 0 Å². The van der Waals surface area contributed by atoms with Crippen molar-refractivity contribution in [2.75, 3.05) is 9.80 Å². The molecule has 0 unspecified atom stereocenters. The Morgan fingerprint density at radius 1 is 0.265 bits per heavy atom. The molecule has 4 heteroatoms. The zero-order valence-corrected chi connectivity index (χ0v) is 36.7. The first-order chi connectivity index (χ1) is 33.7. The molecule has 0 bridgehead atoms. The first kappa shape index (κ1) is 38.1. The minimum atomic E-state index is -0.545. The summed E-state index contributed by atoms with van der Waals surface area (Å²) in [7, 11) is 0. The molecule has 0 atom stereocenters. The largest absolute Gasteiger partial charge is 0.310 e. The number of anilines is 6. The number of hydrogen-bond donors (Lipinski definition) is 0. The second kappa shape index (κ2) is 14.1. The summed E-state index contributed by atoms with van der Waals surface area (Å²) in [5, 5.41) is 21.8. The van der Waals surface area contributed by atoms with Crippen molar-refractivity contribution in [2.24, 2.45) is 0 Å². The van der Waals surface area contributed by atoms with Crippen molar-refractivity contribution in [1.82, 2.24) is 0 Å². The van der Waals surface area contributed by atoms with Crippen LogP contribution < -0.4 is 9.80 Å². The molecule has 0 N–H and O–H groups in total. The highest BCUT2D eigenvalue weighted by Crippen LogP contribution is 2.65. The van der Waals surface area contributed by atoms with Crippen molar-refractivity contribution in [2.45, 2.75) is 10.8 Å². The lowest BCUT2D eigenvalue weighted by atomic mass is 9.64. The average molecular weight is 863 g/mol. The highest BCUT2D eigenvalue weighted by Gasteiger charge is 2.53. The van der Waals surface area contributed by atoms with Crippen LogP contribution in [0, 0.1) is 22.7 Å². The van der Waals surface area contributed by atoms with Gasteiger partial charge in [-0.3, -0.25) is 0 Å². The summed E-state index contributed by atoms with van der Waals surface area (Å²) in [4.78, 5) is 4.68. The molecule has 0 aromatic heterocycles. The Labute approximate surface area is 395 Å². The summed E-state index contributed by atoms with van der Waals surface area (Å²) < 4.78 is 0. The Morgan fingerprint density at radius 2 is 0.515 bits per heavy atom. The van der Waals surface area contributed by atoms with Gasteiger partial charge >= 0.3 is 0 Å². The van der Waals surface area contributed by atoms with E-state index in [1.54, 1.807) is 0 Å². The summed E-state index contributed by atoms with van der Waals surface area (Å²) in [5.41, 5.74) is 22.2. The van der Waals surface area contributed by atoms with Crippen LogP contribution in [0.2, 0.25) is 0 Å². The number of hydrogen-bond acceptors (Lipinski definition) is 4. The molecular weight excluding hydrogens is 825 g/mol. The van der Waals surface area contributed by atoms with Crippen LogP contribution in [0.25, 0.3) is 33.4 Å². The summed E-state index contributed by atoms with van der Waals surface area (Å²) >= 11 is 0. The highest BCUT2D eigenvalue weighted by atomic mass is 15.2. The van der Waals surface area contributed by atoms with Crippen molar-refractivity contribution >= 4 is 34.1 Å². The number of nitriles is 2. The fourth-order valence-corrected chi connectivity index (χ4v) is 12.7.